The van der Waals surface area contributed by atoms with E-state index in [2.05, 4.69) is 0 Å². The maximum absolute atomic E-state index is 13.7. The minimum absolute atomic E-state index is 0.121. The van der Waals surface area contributed by atoms with Crippen molar-refractivity contribution in [2.45, 2.75) is 0 Å². The molecule has 4 aromatic rings. The van der Waals surface area contributed by atoms with Gasteiger partial charge in [-0.3, -0.25) is 4.79 Å². The van der Waals surface area contributed by atoms with Crippen molar-refractivity contribution in [3.05, 3.63) is 90.0 Å². The van der Waals surface area contributed by atoms with Crippen LogP contribution in [0, 0.1) is 0 Å². The molecule has 5 nitrogen and oxygen atoms in total. The van der Waals surface area contributed by atoms with E-state index in [0.29, 0.717) is 23.5 Å². The Balaban J connectivity index is 1.75. The average molecular weight is 428 g/mol. The molecule has 0 atom stereocenters. The number of ketones is 1. The Kier molecular flexibility index (Phi) is 6.10. The largest absolute Gasteiger partial charge is 0.508 e. The van der Waals surface area contributed by atoms with E-state index in [0.717, 1.165) is 28.4 Å². The number of aromatic hydroxyl groups is 2. The first-order valence-electron chi connectivity index (χ1n) is 10.4. The van der Waals surface area contributed by atoms with Crippen molar-refractivity contribution in [1.29, 1.82) is 0 Å². The number of carbonyl (C=O) groups is 1. The first-order valence-corrected chi connectivity index (χ1v) is 10.4. The maximum atomic E-state index is 13.7. The molecular formula is C27H25NO4. The molecule has 5 heteroatoms. The summed E-state index contributed by atoms with van der Waals surface area (Å²) in [6.45, 7) is 1.37. The number of nitrogens with zero attached hydrogens (tertiary/aromatic N) is 1. The van der Waals surface area contributed by atoms with E-state index in [4.69, 9.17) is 4.74 Å². The van der Waals surface area contributed by atoms with Crippen molar-refractivity contribution < 1.29 is 19.7 Å². The molecule has 0 heterocycles. The van der Waals surface area contributed by atoms with Gasteiger partial charge in [0.1, 0.15) is 23.9 Å². The van der Waals surface area contributed by atoms with Crippen LogP contribution < -0.4 is 4.74 Å². The molecule has 0 aliphatic rings. The highest BCUT2D eigenvalue weighted by atomic mass is 16.5. The molecule has 0 aromatic heterocycles. The lowest BCUT2D eigenvalue weighted by atomic mass is 9.89. The first-order chi connectivity index (χ1) is 15.4. The molecule has 0 bridgehead atoms. The molecule has 0 aliphatic heterocycles. The number of rotatable bonds is 7. The fraction of sp³-hybridized carbons (Fsp3) is 0.148. The van der Waals surface area contributed by atoms with Gasteiger partial charge in [-0.25, -0.2) is 0 Å². The summed E-state index contributed by atoms with van der Waals surface area (Å²) < 4.78 is 5.74. The van der Waals surface area contributed by atoms with Gasteiger partial charge in [0.2, 0.25) is 0 Å². The van der Waals surface area contributed by atoms with Gasteiger partial charge in [0.05, 0.1) is 0 Å². The zero-order valence-corrected chi connectivity index (χ0v) is 18.1. The van der Waals surface area contributed by atoms with Crippen LogP contribution in [-0.2, 0) is 0 Å². The van der Waals surface area contributed by atoms with E-state index in [1.54, 1.807) is 66.7 Å². The Hall–Kier alpha value is -3.83. The van der Waals surface area contributed by atoms with E-state index in [9.17, 15) is 15.0 Å². The molecule has 0 unspecified atom stereocenters. The lowest BCUT2D eigenvalue weighted by Crippen LogP contribution is -2.19. The van der Waals surface area contributed by atoms with Crippen LogP contribution in [0.4, 0.5) is 0 Å². The van der Waals surface area contributed by atoms with Crippen molar-refractivity contribution >= 4 is 16.6 Å². The number of phenols is 2. The molecule has 0 saturated carbocycles. The van der Waals surface area contributed by atoms with E-state index >= 15 is 0 Å². The smallest absolute Gasteiger partial charge is 0.194 e. The lowest BCUT2D eigenvalue weighted by Gasteiger charge is -2.14. The predicted molar refractivity (Wildman–Crippen MR) is 127 cm³/mol. The number of hydrogen-bond donors (Lipinski definition) is 2. The number of likely N-dealkylation sites (N-methyl/N-ethyl adjacent to an activating group) is 1. The van der Waals surface area contributed by atoms with Crippen LogP contribution in [-0.4, -0.2) is 48.1 Å². The zero-order chi connectivity index (χ0) is 22.7. The fourth-order valence-electron chi connectivity index (χ4n) is 3.64. The molecule has 0 spiro atoms. The van der Waals surface area contributed by atoms with Crippen LogP contribution in [0.1, 0.15) is 15.9 Å². The van der Waals surface area contributed by atoms with Crippen LogP contribution in [0.2, 0.25) is 0 Å². The summed E-state index contributed by atoms with van der Waals surface area (Å²) >= 11 is 0. The maximum Gasteiger partial charge on any atom is 0.194 e. The molecule has 0 amide bonds. The number of hydrogen-bond acceptors (Lipinski definition) is 5. The normalized spacial score (nSPS) is 11.1. The molecular weight excluding hydrogens is 402 g/mol. The Morgan fingerprint density at radius 3 is 2.22 bits per heavy atom. The minimum atomic E-state index is -0.121. The molecule has 0 saturated heterocycles. The molecule has 0 aliphatic carbocycles. The Labute approximate surface area is 187 Å². The Morgan fingerprint density at radius 2 is 1.53 bits per heavy atom. The average Bonchev–Trinajstić information content (AvgIpc) is 2.78. The van der Waals surface area contributed by atoms with Crippen LogP contribution >= 0.6 is 0 Å². The van der Waals surface area contributed by atoms with Gasteiger partial charge in [-0.15, -0.1) is 0 Å². The van der Waals surface area contributed by atoms with Crippen molar-refractivity contribution in [1.82, 2.24) is 4.90 Å². The molecule has 0 radical (unpaired) electrons. The van der Waals surface area contributed by atoms with Gasteiger partial charge in [-0.2, -0.15) is 0 Å². The molecule has 32 heavy (non-hydrogen) atoms. The van der Waals surface area contributed by atoms with Gasteiger partial charge in [-0.1, -0.05) is 24.3 Å². The molecule has 4 rings (SSSR count). The van der Waals surface area contributed by atoms with Crippen LogP contribution in [0.15, 0.2) is 78.9 Å². The third-order valence-electron chi connectivity index (χ3n) is 5.33. The van der Waals surface area contributed by atoms with Crippen molar-refractivity contribution in [2.24, 2.45) is 0 Å². The summed E-state index contributed by atoms with van der Waals surface area (Å²) in [7, 11) is 3.97. The molecule has 2 N–H and O–H groups in total. The SMILES string of the molecule is CN(C)CCOc1ccc(C(=O)c2c(-c3ccc(O)cc3)ccc3cc(O)ccc23)cc1. The summed E-state index contributed by atoms with van der Waals surface area (Å²) in [4.78, 5) is 15.7. The van der Waals surface area contributed by atoms with Crippen molar-refractivity contribution in [2.75, 3.05) is 27.2 Å². The second kappa shape index (κ2) is 9.12. The zero-order valence-electron chi connectivity index (χ0n) is 18.1. The quantitative estimate of drug-likeness (QED) is 0.402. The van der Waals surface area contributed by atoms with Crippen LogP contribution in [0.3, 0.4) is 0 Å². The second-order valence-corrected chi connectivity index (χ2v) is 7.95. The van der Waals surface area contributed by atoms with Gasteiger partial charge in [0.25, 0.3) is 0 Å². The number of ether oxygens (including phenoxy) is 1. The third-order valence-corrected chi connectivity index (χ3v) is 5.33. The monoisotopic (exact) mass is 427 g/mol. The van der Waals surface area contributed by atoms with Crippen molar-refractivity contribution in [3.63, 3.8) is 0 Å². The third kappa shape index (κ3) is 4.58. The number of carbonyl (C=O) groups excluding carboxylic acids is 1. The van der Waals surface area contributed by atoms with Gasteiger partial charge >= 0.3 is 0 Å². The topological polar surface area (TPSA) is 70.0 Å². The van der Waals surface area contributed by atoms with Gasteiger partial charge < -0.3 is 19.8 Å². The lowest BCUT2D eigenvalue weighted by molar-refractivity contribution is 0.104. The summed E-state index contributed by atoms with van der Waals surface area (Å²) in [6, 6.07) is 22.7. The highest BCUT2D eigenvalue weighted by molar-refractivity contribution is 6.20. The summed E-state index contributed by atoms with van der Waals surface area (Å²) in [6.07, 6.45) is 0. The van der Waals surface area contributed by atoms with E-state index in [1.165, 1.54) is 0 Å². The van der Waals surface area contributed by atoms with E-state index < -0.39 is 0 Å². The molecule has 4 aromatic carbocycles. The van der Waals surface area contributed by atoms with E-state index in [-0.39, 0.29) is 17.3 Å². The first kappa shape index (κ1) is 21.4. The highest BCUT2D eigenvalue weighted by Gasteiger charge is 2.19. The molecule has 0 fully saturated rings. The number of benzene rings is 4. The van der Waals surface area contributed by atoms with Crippen LogP contribution in [0.5, 0.6) is 17.2 Å². The Bertz CT molecular complexity index is 1250. The van der Waals surface area contributed by atoms with Gasteiger partial charge in [0.15, 0.2) is 5.78 Å². The second-order valence-electron chi connectivity index (χ2n) is 7.95. The van der Waals surface area contributed by atoms with Gasteiger partial charge in [0, 0.05) is 17.7 Å². The fourth-order valence-corrected chi connectivity index (χ4v) is 3.64. The molecule has 162 valence electrons. The summed E-state index contributed by atoms with van der Waals surface area (Å²) in [5.41, 5.74) is 2.68. The number of fused-ring (bicyclic) bond motifs is 1. The number of phenolic OH excluding ortho intramolecular Hbond substituents is 2. The standard InChI is InChI=1S/C27H25NO4/c1-28(2)15-16-32-23-11-5-19(6-12-23)27(31)26-24(18-3-8-21(29)9-4-18)13-7-20-17-22(30)10-14-25(20)26/h3-14,17,29-30H,15-16H2,1-2H3. The van der Waals surface area contributed by atoms with Gasteiger partial charge in [-0.05, 0) is 90.6 Å². The minimum Gasteiger partial charge on any atom is -0.508 e. The van der Waals surface area contributed by atoms with Crippen LogP contribution in [0.25, 0.3) is 21.9 Å². The highest BCUT2D eigenvalue weighted by Crippen LogP contribution is 2.34. The van der Waals surface area contributed by atoms with Crippen molar-refractivity contribution in [3.8, 4) is 28.4 Å². The Morgan fingerprint density at radius 1 is 0.844 bits per heavy atom. The van der Waals surface area contributed by atoms with E-state index in [1.807, 2.05) is 31.1 Å². The predicted octanol–water partition coefficient (Wildman–Crippen LogP) is 5.09. The summed E-state index contributed by atoms with van der Waals surface area (Å²) in [5, 5.41) is 21.1. The summed E-state index contributed by atoms with van der Waals surface area (Å²) in [5.74, 6) is 0.902.